The van der Waals surface area contributed by atoms with Gasteiger partial charge in [-0.25, -0.2) is 4.79 Å². The van der Waals surface area contributed by atoms with Gasteiger partial charge in [0.25, 0.3) is 0 Å². The van der Waals surface area contributed by atoms with Crippen molar-refractivity contribution in [3.8, 4) is 5.75 Å². The maximum absolute atomic E-state index is 12.8. The summed E-state index contributed by atoms with van der Waals surface area (Å²) >= 11 is 0. The minimum absolute atomic E-state index is 0.0489. The van der Waals surface area contributed by atoms with Crippen LogP contribution < -0.4 is 27.4 Å². The zero-order valence-corrected chi connectivity index (χ0v) is 19.0. The first kappa shape index (κ1) is 29.8. The van der Waals surface area contributed by atoms with Crippen molar-refractivity contribution in [1.82, 2.24) is 16.0 Å². The van der Waals surface area contributed by atoms with Crippen LogP contribution in [0.3, 0.4) is 0 Å². The Morgan fingerprint density at radius 3 is 1.86 bits per heavy atom. The molecule has 198 valence electrons. The number of benzene rings is 1. The second-order valence-corrected chi connectivity index (χ2v) is 7.78. The Bertz CT molecular complexity index is 968. The molecule has 0 aliphatic rings. The van der Waals surface area contributed by atoms with Crippen LogP contribution >= 0.6 is 0 Å². The molecule has 4 atom stereocenters. The van der Waals surface area contributed by atoms with Crippen LogP contribution in [0.2, 0.25) is 0 Å². The van der Waals surface area contributed by atoms with Crippen molar-refractivity contribution in [3.05, 3.63) is 29.8 Å². The monoisotopic (exact) mass is 511 g/mol. The lowest BCUT2D eigenvalue weighted by atomic mass is 10.0. The maximum atomic E-state index is 12.8. The molecule has 4 amide bonds. The number of hydrogen-bond acceptors (Lipinski definition) is 9. The summed E-state index contributed by atoms with van der Waals surface area (Å²) in [7, 11) is 0. The molecule has 15 heteroatoms. The Hall–Kier alpha value is -4.24. The summed E-state index contributed by atoms with van der Waals surface area (Å²) in [5, 5.41) is 43.8. The van der Waals surface area contributed by atoms with Gasteiger partial charge < -0.3 is 47.8 Å². The third-order valence-electron chi connectivity index (χ3n) is 4.84. The third-order valence-corrected chi connectivity index (χ3v) is 4.84. The topological polar surface area (TPSA) is 271 Å². The molecular formula is C21H29N5O10. The first-order valence-corrected chi connectivity index (χ1v) is 10.6. The molecule has 15 nitrogen and oxygen atoms in total. The number of nitrogens with one attached hydrogen (secondary N) is 3. The van der Waals surface area contributed by atoms with E-state index in [1.807, 2.05) is 0 Å². The lowest BCUT2D eigenvalue weighted by Gasteiger charge is -2.24. The number of aliphatic carboxylic acids is 2. The van der Waals surface area contributed by atoms with E-state index >= 15 is 0 Å². The van der Waals surface area contributed by atoms with Crippen molar-refractivity contribution in [2.75, 3.05) is 6.61 Å². The van der Waals surface area contributed by atoms with Crippen molar-refractivity contribution in [3.63, 3.8) is 0 Å². The van der Waals surface area contributed by atoms with Crippen molar-refractivity contribution in [2.45, 2.75) is 49.9 Å². The molecule has 36 heavy (non-hydrogen) atoms. The molecule has 0 radical (unpaired) electrons. The number of phenolic OH excluding ortho intramolecular Hbond substituents is 1. The number of aliphatic hydroxyl groups is 1. The Morgan fingerprint density at radius 1 is 0.833 bits per heavy atom. The average molecular weight is 511 g/mol. The number of aromatic hydroxyl groups is 1. The Labute approximate surface area is 204 Å². The van der Waals surface area contributed by atoms with Gasteiger partial charge in [0, 0.05) is 12.8 Å². The first-order chi connectivity index (χ1) is 16.8. The van der Waals surface area contributed by atoms with Crippen molar-refractivity contribution < 1.29 is 49.2 Å². The number of phenols is 1. The van der Waals surface area contributed by atoms with E-state index in [4.69, 9.17) is 16.6 Å². The Balaban J connectivity index is 2.95. The number of hydrogen-bond donors (Lipinski definition) is 9. The average Bonchev–Trinajstić information content (AvgIpc) is 2.79. The van der Waals surface area contributed by atoms with Gasteiger partial charge in [0.1, 0.15) is 23.9 Å². The molecule has 1 aromatic rings. The number of amides is 4. The Morgan fingerprint density at radius 2 is 1.36 bits per heavy atom. The van der Waals surface area contributed by atoms with Gasteiger partial charge in [-0.2, -0.15) is 0 Å². The van der Waals surface area contributed by atoms with E-state index in [-0.39, 0.29) is 12.2 Å². The minimum atomic E-state index is -1.62. The van der Waals surface area contributed by atoms with Crippen LogP contribution in [0.4, 0.5) is 0 Å². The molecule has 1 aromatic carbocycles. The summed E-state index contributed by atoms with van der Waals surface area (Å²) in [6.07, 6.45) is -1.74. The van der Waals surface area contributed by atoms with E-state index in [1.54, 1.807) is 0 Å². The molecule has 0 saturated heterocycles. The molecule has 0 bridgehead atoms. The van der Waals surface area contributed by atoms with Gasteiger partial charge in [0.2, 0.25) is 23.6 Å². The van der Waals surface area contributed by atoms with Crippen LogP contribution in [0, 0.1) is 0 Å². The van der Waals surface area contributed by atoms with Crippen LogP contribution in [-0.2, 0) is 35.2 Å². The third kappa shape index (κ3) is 10.4. The highest BCUT2D eigenvalue weighted by molar-refractivity contribution is 5.95. The van der Waals surface area contributed by atoms with Crippen LogP contribution in [0.25, 0.3) is 0 Å². The van der Waals surface area contributed by atoms with Crippen LogP contribution in [-0.4, -0.2) is 86.8 Å². The smallest absolute Gasteiger partial charge is 0.326 e. The zero-order chi connectivity index (χ0) is 27.4. The van der Waals surface area contributed by atoms with Gasteiger partial charge in [-0.05, 0) is 24.1 Å². The van der Waals surface area contributed by atoms with Gasteiger partial charge in [-0.3, -0.25) is 24.0 Å². The van der Waals surface area contributed by atoms with Gasteiger partial charge >= 0.3 is 11.9 Å². The SMILES string of the molecule is NC(=O)CC(N)C(=O)NC(CO)C(=O)NC(CCC(=O)O)C(=O)NC(Cc1ccc(O)cc1)C(=O)O. The fourth-order valence-electron chi connectivity index (χ4n) is 2.93. The van der Waals surface area contributed by atoms with Gasteiger partial charge in [-0.1, -0.05) is 12.1 Å². The molecule has 4 unspecified atom stereocenters. The van der Waals surface area contributed by atoms with Crippen LogP contribution in [0.15, 0.2) is 24.3 Å². The molecule has 0 aliphatic carbocycles. The number of rotatable bonds is 15. The summed E-state index contributed by atoms with van der Waals surface area (Å²) in [5.41, 5.74) is 10.9. The molecule has 0 saturated carbocycles. The van der Waals surface area contributed by atoms with E-state index < -0.39 is 85.6 Å². The quantitative estimate of drug-likeness (QED) is 0.112. The van der Waals surface area contributed by atoms with E-state index in [1.165, 1.54) is 24.3 Å². The van der Waals surface area contributed by atoms with Gasteiger partial charge in [0.05, 0.1) is 19.1 Å². The van der Waals surface area contributed by atoms with Crippen LogP contribution in [0.5, 0.6) is 5.75 Å². The summed E-state index contributed by atoms with van der Waals surface area (Å²) < 4.78 is 0. The van der Waals surface area contributed by atoms with Crippen molar-refractivity contribution in [1.29, 1.82) is 0 Å². The number of carboxylic acid groups (broad SMARTS) is 2. The van der Waals surface area contributed by atoms with Crippen molar-refractivity contribution >= 4 is 35.6 Å². The summed E-state index contributed by atoms with van der Waals surface area (Å²) in [6, 6.07) is -0.505. The second kappa shape index (κ2) is 14.2. The number of carboxylic acids is 2. The highest BCUT2D eigenvalue weighted by Crippen LogP contribution is 2.12. The normalized spacial score (nSPS) is 13.9. The largest absolute Gasteiger partial charge is 0.508 e. The molecule has 1 rings (SSSR count). The molecule has 0 fully saturated rings. The van der Waals surface area contributed by atoms with Crippen molar-refractivity contribution in [2.24, 2.45) is 11.5 Å². The van der Waals surface area contributed by atoms with Crippen LogP contribution in [0.1, 0.15) is 24.8 Å². The molecular weight excluding hydrogens is 482 g/mol. The molecule has 0 spiro atoms. The molecule has 0 aliphatic heterocycles. The van der Waals surface area contributed by atoms with E-state index in [0.717, 1.165) is 0 Å². The molecule has 0 aromatic heterocycles. The molecule has 11 N–H and O–H groups in total. The summed E-state index contributed by atoms with van der Waals surface area (Å²) in [5.74, 6) is -6.75. The number of primary amides is 1. The summed E-state index contributed by atoms with van der Waals surface area (Å²) in [4.78, 5) is 70.9. The lowest BCUT2D eigenvalue weighted by molar-refractivity contribution is -0.143. The number of carbonyl (C=O) groups excluding carboxylic acids is 4. The zero-order valence-electron chi connectivity index (χ0n) is 19.0. The van der Waals surface area contributed by atoms with E-state index in [9.17, 15) is 44.1 Å². The number of carbonyl (C=O) groups is 6. The Kier molecular flexibility index (Phi) is 11.8. The highest BCUT2D eigenvalue weighted by atomic mass is 16.4. The first-order valence-electron chi connectivity index (χ1n) is 10.6. The molecule has 0 heterocycles. The predicted molar refractivity (Wildman–Crippen MR) is 121 cm³/mol. The van der Waals surface area contributed by atoms with Gasteiger partial charge in [0.15, 0.2) is 0 Å². The van der Waals surface area contributed by atoms with Gasteiger partial charge in [-0.15, -0.1) is 0 Å². The van der Waals surface area contributed by atoms with E-state index in [0.29, 0.717) is 5.56 Å². The van der Waals surface area contributed by atoms with E-state index in [2.05, 4.69) is 16.0 Å². The minimum Gasteiger partial charge on any atom is -0.508 e. The predicted octanol–water partition coefficient (Wildman–Crippen LogP) is -3.47. The second-order valence-electron chi connectivity index (χ2n) is 7.78. The fraction of sp³-hybridized carbons (Fsp3) is 0.429. The lowest BCUT2D eigenvalue weighted by Crippen LogP contribution is -2.58. The summed E-state index contributed by atoms with van der Waals surface area (Å²) in [6.45, 7) is -0.938. The number of nitrogens with two attached hydrogens (primary N) is 2. The fourth-order valence-corrected chi connectivity index (χ4v) is 2.93. The standard InChI is InChI=1S/C21H29N5O10/c22-12(8-16(23)29)18(32)26-15(9-27)20(34)24-13(5-6-17(30)31)19(33)25-14(21(35)36)7-10-1-3-11(28)4-2-10/h1-4,12-15,27-28H,5-9,22H2,(H2,23,29)(H,24,34)(H,25,33)(H,26,32)(H,30,31)(H,35,36). The highest BCUT2D eigenvalue weighted by Gasteiger charge is 2.30. The number of aliphatic hydroxyl groups excluding tert-OH is 1. The maximum Gasteiger partial charge on any atom is 0.326 e.